The van der Waals surface area contributed by atoms with Crippen LogP contribution in [0.1, 0.15) is 45.8 Å². The van der Waals surface area contributed by atoms with Crippen molar-refractivity contribution in [1.29, 1.82) is 0 Å². The molecule has 0 aliphatic heterocycles. The van der Waals surface area contributed by atoms with Crippen LogP contribution in [0.25, 0.3) is 0 Å². The summed E-state index contributed by atoms with van der Waals surface area (Å²) in [6, 6.07) is 7.34. The van der Waals surface area contributed by atoms with Crippen molar-refractivity contribution in [2.45, 2.75) is 46.3 Å². The van der Waals surface area contributed by atoms with Crippen LogP contribution in [0.2, 0.25) is 0 Å². The lowest BCUT2D eigenvalue weighted by Gasteiger charge is -2.14. The Morgan fingerprint density at radius 3 is 2.34 bits per heavy atom. The van der Waals surface area contributed by atoms with Crippen molar-refractivity contribution in [3.8, 4) is 5.75 Å². The zero-order valence-electron chi connectivity index (χ0n) is 17.6. The molecule has 1 unspecified atom stereocenters. The van der Waals surface area contributed by atoms with E-state index in [0.29, 0.717) is 32.0 Å². The van der Waals surface area contributed by atoms with Gasteiger partial charge in [-0.05, 0) is 51.8 Å². The lowest BCUT2D eigenvalue weighted by Crippen LogP contribution is -2.39. The summed E-state index contributed by atoms with van der Waals surface area (Å²) in [6.07, 6.45) is 0.00934. The Bertz CT molecular complexity index is 697. The zero-order chi connectivity index (χ0) is 21.0. The van der Waals surface area contributed by atoms with Crippen LogP contribution in [-0.4, -0.2) is 57.5 Å². The van der Waals surface area contributed by atoms with Gasteiger partial charge in [-0.1, -0.05) is 12.1 Å². The molecule has 0 amide bonds. The second kappa shape index (κ2) is 14.8. The Morgan fingerprint density at radius 2 is 1.79 bits per heavy atom. The number of ether oxygens (including phenoxy) is 1. The smallest absolute Gasteiger partial charge is 0.211 e. The van der Waals surface area contributed by atoms with Crippen LogP contribution in [0.5, 0.6) is 5.75 Å². The number of guanidine groups is 1. The van der Waals surface area contributed by atoms with Crippen molar-refractivity contribution >= 4 is 40.0 Å². The van der Waals surface area contributed by atoms with Gasteiger partial charge in [0.25, 0.3) is 0 Å². The third-order valence-corrected chi connectivity index (χ3v) is 5.16. The van der Waals surface area contributed by atoms with E-state index < -0.39 is 16.1 Å². The number of halogens is 1. The molecule has 0 saturated carbocycles. The van der Waals surface area contributed by atoms with Gasteiger partial charge in [0, 0.05) is 19.6 Å². The van der Waals surface area contributed by atoms with Gasteiger partial charge in [-0.3, -0.25) is 4.99 Å². The average Bonchev–Trinajstić information content (AvgIpc) is 2.65. The van der Waals surface area contributed by atoms with Crippen molar-refractivity contribution in [3.63, 3.8) is 0 Å². The van der Waals surface area contributed by atoms with Crippen molar-refractivity contribution < 1.29 is 18.3 Å². The number of benzene rings is 1. The number of aliphatic hydroxyl groups excluding tert-OH is 1. The second-order valence-corrected chi connectivity index (χ2v) is 8.64. The van der Waals surface area contributed by atoms with Crippen molar-refractivity contribution in [2.75, 3.05) is 31.9 Å². The number of hydrogen-bond donors (Lipinski definition) is 4. The van der Waals surface area contributed by atoms with Gasteiger partial charge in [0.2, 0.25) is 10.0 Å². The largest absolute Gasteiger partial charge is 0.491 e. The molecule has 0 radical (unpaired) electrons. The van der Waals surface area contributed by atoms with Gasteiger partial charge < -0.3 is 20.5 Å². The minimum absolute atomic E-state index is 0. The molecule has 0 aromatic heterocycles. The molecule has 0 fully saturated rings. The summed E-state index contributed by atoms with van der Waals surface area (Å²) >= 11 is 0. The fourth-order valence-corrected chi connectivity index (χ4v) is 2.95. The van der Waals surface area contributed by atoms with Gasteiger partial charge in [0.05, 0.1) is 24.5 Å². The van der Waals surface area contributed by atoms with Gasteiger partial charge in [0.15, 0.2) is 5.96 Å². The molecule has 168 valence electrons. The lowest BCUT2D eigenvalue weighted by molar-refractivity contribution is 0.186. The van der Waals surface area contributed by atoms with Crippen molar-refractivity contribution in [2.24, 2.45) is 4.99 Å². The van der Waals surface area contributed by atoms with E-state index in [1.807, 2.05) is 45.0 Å². The quantitative estimate of drug-likeness (QED) is 0.139. The SMILES string of the molecule is CCNC(=NCC(O)c1ccc(OC(C)C)cc1)NCCCNS(=O)(=O)CC.I. The molecule has 0 bridgehead atoms. The summed E-state index contributed by atoms with van der Waals surface area (Å²) in [5, 5.41) is 16.6. The Kier molecular flexibility index (Phi) is 14.2. The van der Waals surface area contributed by atoms with Crippen LogP contribution >= 0.6 is 24.0 Å². The first-order valence-electron chi connectivity index (χ1n) is 9.71. The number of nitrogens with zero attached hydrogens (tertiary/aromatic N) is 1. The average molecular weight is 542 g/mol. The van der Waals surface area contributed by atoms with Crippen LogP contribution in [0, 0.1) is 0 Å². The highest BCUT2D eigenvalue weighted by Gasteiger charge is 2.09. The molecule has 1 rings (SSSR count). The highest BCUT2D eigenvalue weighted by Crippen LogP contribution is 2.19. The first-order valence-corrected chi connectivity index (χ1v) is 11.4. The summed E-state index contributed by atoms with van der Waals surface area (Å²) in [4.78, 5) is 4.40. The van der Waals surface area contributed by atoms with Crippen LogP contribution in [0.15, 0.2) is 29.3 Å². The van der Waals surface area contributed by atoms with E-state index in [9.17, 15) is 13.5 Å². The maximum atomic E-state index is 11.4. The minimum Gasteiger partial charge on any atom is -0.491 e. The van der Waals surface area contributed by atoms with Gasteiger partial charge >= 0.3 is 0 Å². The topological polar surface area (TPSA) is 112 Å². The molecule has 1 atom stereocenters. The van der Waals surface area contributed by atoms with Crippen LogP contribution in [-0.2, 0) is 10.0 Å². The van der Waals surface area contributed by atoms with E-state index in [2.05, 4.69) is 20.3 Å². The molecule has 0 aliphatic carbocycles. The van der Waals surface area contributed by atoms with E-state index in [0.717, 1.165) is 11.3 Å². The summed E-state index contributed by atoms with van der Waals surface area (Å²) in [5.74, 6) is 1.43. The normalized spacial score (nSPS) is 13.0. The first-order chi connectivity index (χ1) is 13.3. The molecule has 0 spiro atoms. The fourth-order valence-electron chi connectivity index (χ4n) is 2.29. The Hall–Kier alpha value is -1.11. The predicted molar refractivity (Wildman–Crippen MR) is 129 cm³/mol. The number of aliphatic imine (C=N–C) groups is 1. The summed E-state index contributed by atoms with van der Waals surface area (Å²) in [5.41, 5.74) is 0.768. The molecular formula is C19H35IN4O4S. The molecular weight excluding hydrogens is 507 g/mol. The Balaban J connectivity index is 0.00000784. The van der Waals surface area contributed by atoms with Crippen LogP contribution in [0.4, 0.5) is 0 Å². The maximum absolute atomic E-state index is 11.4. The van der Waals surface area contributed by atoms with E-state index in [-0.39, 0.29) is 42.4 Å². The molecule has 8 nitrogen and oxygen atoms in total. The van der Waals surface area contributed by atoms with Gasteiger partial charge in [-0.2, -0.15) is 0 Å². The lowest BCUT2D eigenvalue weighted by atomic mass is 10.1. The van der Waals surface area contributed by atoms with E-state index in [4.69, 9.17) is 4.74 Å². The summed E-state index contributed by atoms with van der Waals surface area (Å²) in [7, 11) is -3.16. The number of rotatable bonds is 12. The Morgan fingerprint density at radius 1 is 1.14 bits per heavy atom. The van der Waals surface area contributed by atoms with E-state index in [1.165, 1.54) is 0 Å². The summed E-state index contributed by atoms with van der Waals surface area (Å²) < 4.78 is 30.9. The highest BCUT2D eigenvalue weighted by molar-refractivity contribution is 14.0. The molecule has 29 heavy (non-hydrogen) atoms. The second-order valence-electron chi connectivity index (χ2n) is 6.55. The molecule has 0 heterocycles. The number of nitrogens with one attached hydrogen (secondary N) is 3. The summed E-state index contributed by atoms with van der Waals surface area (Å²) in [6.45, 7) is 9.32. The molecule has 0 saturated heterocycles. The standard InChI is InChI=1S/C19H34N4O4S.HI/c1-5-20-19(21-12-7-13-23-28(25,26)6-2)22-14-18(24)16-8-10-17(11-9-16)27-15(3)4;/h8-11,15,18,23-24H,5-7,12-14H2,1-4H3,(H2,20,21,22);1H. The third-order valence-electron chi connectivity index (χ3n) is 3.75. The minimum atomic E-state index is -3.16. The number of sulfonamides is 1. The predicted octanol–water partition coefficient (Wildman–Crippen LogP) is 2.01. The zero-order valence-corrected chi connectivity index (χ0v) is 20.8. The highest BCUT2D eigenvalue weighted by atomic mass is 127. The van der Waals surface area contributed by atoms with Crippen molar-refractivity contribution in [3.05, 3.63) is 29.8 Å². The Labute approximate surface area is 192 Å². The maximum Gasteiger partial charge on any atom is 0.211 e. The van der Waals surface area contributed by atoms with E-state index >= 15 is 0 Å². The number of hydrogen-bond acceptors (Lipinski definition) is 5. The van der Waals surface area contributed by atoms with Gasteiger partial charge in [0.1, 0.15) is 5.75 Å². The van der Waals surface area contributed by atoms with Gasteiger partial charge in [-0.25, -0.2) is 13.1 Å². The monoisotopic (exact) mass is 542 g/mol. The molecule has 10 heteroatoms. The van der Waals surface area contributed by atoms with Crippen LogP contribution in [0.3, 0.4) is 0 Å². The molecule has 1 aromatic rings. The molecule has 4 N–H and O–H groups in total. The third kappa shape index (κ3) is 12.2. The van der Waals surface area contributed by atoms with Gasteiger partial charge in [-0.15, -0.1) is 24.0 Å². The molecule has 0 aliphatic rings. The van der Waals surface area contributed by atoms with E-state index in [1.54, 1.807) is 6.92 Å². The van der Waals surface area contributed by atoms with Crippen LogP contribution < -0.4 is 20.1 Å². The first kappa shape index (κ1) is 27.9. The molecule has 1 aromatic carbocycles. The fraction of sp³-hybridized carbons (Fsp3) is 0.632. The number of aliphatic hydroxyl groups is 1. The van der Waals surface area contributed by atoms with Crippen molar-refractivity contribution in [1.82, 2.24) is 15.4 Å².